The highest BCUT2D eigenvalue weighted by atomic mass is 16.3. The van der Waals surface area contributed by atoms with Crippen molar-refractivity contribution in [3.05, 3.63) is 44.4 Å². The van der Waals surface area contributed by atoms with Crippen molar-refractivity contribution in [2.75, 3.05) is 0 Å². The summed E-state index contributed by atoms with van der Waals surface area (Å²) in [5.74, 6) is -0.253. The molecule has 108 valence electrons. The zero-order chi connectivity index (χ0) is 15.8. The van der Waals surface area contributed by atoms with Crippen LogP contribution in [0.4, 0.5) is 0 Å². The average molecular weight is 283 g/mol. The molecule has 0 saturated heterocycles. The first-order chi connectivity index (χ1) is 9.74. The standard InChI is InChI=1S/C16H17N3O2/c1-9-12(14(20)19-15(21)13(9)7-17)6-11-5-10(8-18-11)16(2,3)4/h5-6,8H,1-4H3,(H2,19,20,21). The van der Waals surface area contributed by atoms with Crippen LogP contribution >= 0.6 is 0 Å². The van der Waals surface area contributed by atoms with Crippen molar-refractivity contribution in [3.63, 3.8) is 0 Å². The number of H-pyrrole nitrogens is 1. The van der Waals surface area contributed by atoms with E-state index in [9.17, 15) is 9.90 Å². The molecule has 2 heterocycles. The molecule has 0 atom stereocenters. The molecule has 2 rings (SSSR count). The molecule has 5 heteroatoms. The first kappa shape index (κ1) is 14.8. The Morgan fingerprint density at radius 2 is 2.10 bits per heavy atom. The summed E-state index contributed by atoms with van der Waals surface area (Å²) >= 11 is 0. The number of rotatable bonds is 1. The van der Waals surface area contributed by atoms with Crippen LogP contribution in [0.25, 0.3) is 6.08 Å². The van der Waals surface area contributed by atoms with E-state index in [4.69, 9.17) is 5.26 Å². The molecular weight excluding hydrogens is 266 g/mol. The molecule has 0 aliphatic carbocycles. The Kier molecular flexibility index (Phi) is 3.56. The molecule has 0 spiro atoms. The van der Waals surface area contributed by atoms with E-state index >= 15 is 0 Å². The van der Waals surface area contributed by atoms with Gasteiger partial charge in [-0.15, -0.1) is 0 Å². The Bertz CT molecular complexity index is 781. The summed E-state index contributed by atoms with van der Waals surface area (Å²) < 4.78 is 0. The van der Waals surface area contributed by atoms with Crippen molar-refractivity contribution < 1.29 is 5.11 Å². The number of nitrogens with one attached hydrogen (secondary N) is 1. The second-order valence-electron chi connectivity index (χ2n) is 6.01. The van der Waals surface area contributed by atoms with Gasteiger partial charge in [-0.05, 0) is 35.6 Å². The second kappa shape index (κ2) is 5.06. The van der Waals surface area contributed by atoms with Gasteiger partial charge >= 0.3 is 0 Å². The van der Waals surface area contributed by atoms with Gasteiger partial charge in [0.05, 0.1) is 5.70 Å². The van der Waals surface area contributed by atoms with Crippen molar-refractivity contribution in [2.45, 2.75) is 27.7 Å². The Morgan fingerprint density at radius 3 is 2.62 bits per heavy atom. The lowest BCUT2D eigenvalue weighted by Crippen LogP contribution is -2.13. The zero-order valence-electron chi connectivity index (χ0n) is 12.5. The van der Waals surface area contributed by atoms with Crippen molar-refractivity contribution in [1.82, 2.24) is 4.98 Å². The van der Waals surface area contributed by atoms with E-state index in [0.29, 0.717) is 16.8 Å². The predicted molar refractivity (Wildman–Crippen MR) is 82.2 cm³/mol. The van der Waals surface area contributed by atoms with E-state index in [1.165, 1.54) is 0 Å². The molecule has 21 heavy (non-hydrogen) atoms. The molecule has 0 saturated carbocycles. The number of pyridine rings is 1. The van der Waals surface area contributed by atoms with Gasteiger partial charge in [0, 0.05) is 11.8 Å². The Balaban J connectivity index is 2.55. The summed E-state index contributed by atoms with van der Waals surface area (Å²) in [4.78, 5) is 18.1. The van der Waals surface area contributed by atoms with Crippen molar-refractivity contribution in [1.29, 1.82) is 5.26 Å². The van der Waals surface area contributed by atoms with Crippen LogP contribution in [-0.2, 0) is 0 Å². The molecule has 0 bridgehead atoms. The van der Waals surface area contributed by atoms with Gasteiger partial charge in [-0.2, -0.15) is 5.26 Å². The maximum atomic E-state index is 11.6. The highest BCUT2D eigenvalue weighted by molar-refractivity contribution is 5.87. The fourth-order valence-electron chi connectivity index (χ4n) is 2.05. The molecule has 1 aliphatic heterocycles. The first-order valence-electron chi connectivity index (χ1n) is 6.58. The molecule has 0 unspecified atom stereocenters. The van der Waals surface area contributed by atoms with Crippen LogP contribution in [0.1, 0.15) is 37.5 Å². The average Bonchev–Trinajstić information content (AvgIpc) is 2.83. The van der Waals surface area contributed by atoms with Crippen molar-refractivity contribution in [3.8, 4) is 11.9 Å². The van der Waals surface area contributed by atoms with Gasteiger partial charge in [0.1, 0.15) is 11.6 Å². The van der Waals surface area contributed by atoms with Crippen LogP contribution in [0.15, 0.2) is 27.1 Å². The smallest absolute Gasteiger partial charge is 0.268 e. The molecule has 0 radical (unpaired) electrons. The van der Waals surface area contributed by atoms with E-state index < -0.39 is 5.56 Å². The molecule has 1 aliphatic rings. The number of aliphatic imine (C=N–C) groups is 1. The maximum absolute atomic E-state index is 11.6. The SMILES string of the molecule is Cc1c(C=C2C=C(C(C)(C)C)C=N2)c(O)[nH]c(=O)c1C#N. The van der Waals surface area contributed by atoms with E-state index in [1.807, 2.05) is 12.1 Å². The van der Waals surface area contributed by atoms with Crippen molar-refractivity contribution >= 4 is 12.3 Å². The molecular formula is C16H17N3O2. The van der Waals surface area contributed by atoms with Gasteiger partial charge in [0.25, 0.3) is 5.56 Å². The largest absolute Gasteiger partial charge is 0.494 e. The summed E-state index contributed by atoms with van der Waals surface area (Å²) in [6.45, 7) is 7.89. The predicted octanol–water partition coefficient (Wildman–Crippen LogP) is 2.66. The molecule has 5 nitrogen and oxygen atoms in total. The Morgan fingerprint density at radius 1 is 1.43 bits per heavy atom. The molecule has 2 N–H and O–H groups in total. The molecule has 1 aromatic rings. The van der Waals surface area contributed by atoms with E-state index in [1.54, 1.807) is 19.2 Å². The monoisotopic (exact) mass is 283 g/mol. The number of hydrogen-bond donors (Lipinski definition) is 2. The fraction of sp³-hybridized carbons (Fsp3) is 0.312. The number of aromatic nitrogens is 1. The van der Waals surface area contributed by atoms with Gasteiger partial charge in [-0.25, -0.2) is 0 Å². The first-order valence-corrected chi connectivity index (χ1v) is 6.58. The van der Waals surface area contributed by atoms with E-state index in [2.05, 4.69) is 30.7 Å². The minimum atomic E-state index is -0.588. The molecule has 0 aromatic carbocycles. The topological polar surface area (TPSA) is 89.2 Å². The molecule has 0 amide bonds. The number of nitriles is 1. The normalized spacial score (nSPS) is 16.1. The quantitative estimate of drug-likeness (QED) is 0.830. The van der Waals surface area contributed by atoms with Crippen LogP contribution in [-0.4, -0.2) is 16.3 Å². The maximum Gasteiger partial charge on any atom is 0.268 e. The zero-order valence-corrected chi connectivity index (χ0v) is 12.5. The molecule has 1 aromatic heterocycles. The van der Waals surface area contributed by atoms with Crippen LogP contribution < -0.4 is 5.56 Å². The number of aromatic amines is 1. The summed E-state index contributed by atoms with van der Waals surface area (Å²) in [7, 11) is 0. The van der Waals surface area contributed by atoms with Gasteiger partial charge in [-0.3, -0.25) is 14.8 Å². The Hall–Kier alpha value is -2.61. The summed E-state index contributed by atoms with van der Waals surface area (Å²) in [6, 6.07) is 1.85. The van der Waals surface area contributed by atoms with Gasteiger partial charge in [0.15, 0.2) is 5.88 Å². The van der Waals surface area contributed by atoms with Crippen molar-refractivity contribution in [2.24, 2.45) is 10.4 Å². The minimum Gasteiger partial charge on any atom is -0.494 e. The lowest BCUT2D eigenvalue weighted by molar-refractivity contribution is 0.449. The minimum absolute atomic E-state index is 0.00153. The lowest BCUT2D eigenvalue weighted by Gasteiger charge is -2.16. The van der Waals surface area contributed by atoms with Gasteiger partial charge in [0.2, 0.25) is 0 Å². The number of allylic oxidation sites excluding steroid dienone is 2. The Labute approximate surface area is 123 Å². The van der Waals surface area contributed by atoms with Crippen LogP contribution in [0, 0.1) is 23.7 Å². The van der Waals surface area contributed by atoms with Crippen LogP contribution in [0.3, 0.4) is 0 Å². The number of aromatic hydroxyl groups is 1. The van der Waals surface area contributed by atoms with Gasteiger partial charge in [-0.1, -0.05) is 20.8 Å². The third-order valence-electron chi connectivity index (χ3n) is 3.42. The second-order valence-corrected chi connectivity index (χ2v) is 6.01. The van der Waals surface area contributed by atoms with Crippen LogP contribution in [0.2, 0.25) is 0 Å². The highest BCUT2D eigenvalue weighted by Gasteiger charge is 2.19. The number of hydrogen-bond acceptors (Lipinski definition) is 4. The third kappa shape index (κ3) is 2.79. The summed E-state index contributed by atoms with van der Waals surface area (Å²) in [5, 5.41) is 18.9. The van der Waals surface area contributed by atoms with E-state index in [0.717, 1.165) is 5.57 Å². The third-order valence-corrected chi connectivity index (χ3v) is 3.42. The molecule has 0 fully saturated rings. The van der Waals surface area contributed by atoms with E-state index in [-0.39, 0.29) is 16.9 Å². The fourth-order valence-corrected chi connectivity index (χ4v) is 2.05. The van der Waals surface area contributed by atoms with Crippen LogP contribution in [0.5, 0.6) is 5.88 Å². The summed E-state index contributed by atoms with van der Waals surface area (Å²) in [6.07, 6.45) is 5.38. The highest BCUT2D eigenvalue weighted by Crippen LogP contribution is 2.30. The summed E-state index contributed by atoms with van der Waals surface area (Å²) in [5.41, 5.74) is 2.00. The number of nitrogens with zero attached hydrogens (tertiary/aromatic N) is 2. The van der Waals surface area contributed by atoms with Gasteiger partial charge < -0.3 is 5.11 Å². The lowest BCUT2D eigenvalue weighted by atomic mass is 9.87.